The maximum atomic E-state index is 12.9. The van der Waals surface area contributed by atoms with Crippen molar-refractivity contribution in [1.29, 1.82) is 0 Å². The molecule has 0 bridgehead atoms. The molecule has 7 heteroatoms. The first-order valence-corrected chi connectivity index (χ1v) is 12.9. The lowest BCUT2D eigenvalue weighted by Gasteiger charge is -2.34. The highest BCUT2D eigenvalue weighted by molar-refractivity contribution is 7.89. The Morgan fingerprint density at radius 2 is 1.68 bits per heavy atom. The molecule has 1 aliphatic carbocycles. The molecule has 0 heterocycles. The lowest BCUT2D eigenvalue weighted by Crippen LogP contribution is -2.40. The van der Waals surface area contributed by atoms with Crippen molar-refractivity contribution in [3.8, 4) is 5.75 Å². The minimum absolute atomic E-state index is 0.0273. The Labute approximate surface area is 189 Å². The van der Waals surface area contributed by atoms with E-state index in [1.54, 1.807) is 38.4 Å². The summed E-state index contributed by atoms with van der Waals surface area (Å²) < 4.78 is 38.6. The third-order valence-electron chi connectivity index (χ3n) is 6.12. The number of unbranched alkanes of at least 4 members (excludes halogenated alkanes) is 3. The molecular weight excluding hydrogens is 412 g/mol. The highest BCUT2D eigenvalue weighted by Gasteiger charge is 2.31. The molecule has 1 fully saturated rings. The van der Waals surface area contributed by atoms with Gasteiger partial charge in [-0.15, -0.1) is 6.58 Å². The maximum Gasteiger partial charge on any atom is 0.243 e. The van der Waals surface area contributed by atoms with Crippen LogP contribution in [0.1, 0.15) is 51.4 Å². The Kier molecular flexibility index (Phi) is 11.0. The van der Waals surface area contributed by atoms with Gasteiger partial charge < -0.3 is 14.4 Å². The summed E-state index contributed by atoms with van der Waals surface area (Å²) >= 11 is 0. The Morgan fingerprint density at radius 1 is 1.03 bits per heavy atom. The number of methoxy groups -OCH3 is 1. The molecule has 1 aromatic carbocycles. The average molecular weight is 453 g/mol. The molecule has 1 aromatic rings. The molecule has 0 amide bonds. The van der Waals surface area contributed by atoms with Crippen molar-refractivity contribution in [2.75, 3.05) is 40.9 Å². The fraction of sp³-hybridized carbons (Fsp3) is 0.667. The van der Waals surface area contributed by atoms with Crippen molar-refractivity contribution in [2.24, 2.45) is 0 Å². The molecule has 0 unspecified atom stereocenters. The van der Waals surface area contributed by atoms with Gasteiger partial charge in [0.2, 0.25) is 10.0 Å². The molecule has 176 valence electrons. The van der Waals surface area contributed by atoms with Crippen molar-refractivity contribution >= 4 is 10.0 Å². The van der Waals surface area contributed by atoms with Crippen molar-refractivity contribution < 1.29 is 17.9 Å². The molecule has 0 saturated heterocycles. The van der Waals surface area contributed by atoms with E-state index >= 15 is 0 Å². The molecule has 0 atom stereocenters. The molecule has 2 rings (SSSR count). The molecule has 0 aromatic heterocycles. The van der Waals surface area contributed by atoms with Crippen LogP contribution in [0.5, 0.6) is 5.75 Å². The zero-order chi connectivity index (χ0) is 22.7. The largest absolute Gasteiger partial charge is 0.497 e. The smallest absolute Gasteiger partial charge is 0.243 e. The predicted molar refractivity (Wildman–Crippen MR) is 126 cm³/mol. The molecule has 31 heavy (non-hydrogen) atoms. The summed E-state index contributed by atoms with van der Waals surface area (Å²) in [6.45, 7) is 6.63. The summed E-state index contributed by atoms with van der Waals surface area (Å²) in [7, 11) is 1.90. The van der Waals surface area contributed by atoms with Gasteiger partial charge >= 0.3 is 0 Å². The molecule has 0 radical (unpaired) electrons. The highest BCUT2D eigenvalue weighted by atomic mass is 32.2. The van der Waals surface area contributed by atoms with Crippen LogP contribution in [0.25, 0.3) is 0 Å². The molecular formula is C24H40N2O4S. The van der Waals surface area contributed by atoms with Crippen LogP contribution in [-0.4, -0.2) is 70.7 Å². The van der Waals surface area contributed by atoms with Gasteiger partial charge in [0.15, 0.2) is 0 Å². The first kappa shape index (κ1) is 25.8. The molecule has 1 aliphatic rings. The van der Waals surface area contributed by atoms with Crippen LogP contribution < -0.4 is 4.74 Å². The number of rotatable bonds is 14. The van der Waals surface area contributed by atoms with Crippen LogP contribution in [0.3, 0.4) is 0 Å². The lowest BCUT2D eigenvalue weighted by atomic mass is 9.93. The van der Waals surface area contributed by atoms with Crippen LogP contribution in [-0.2, 0) is 14.8 Å². The number of ether oxygens (including phenoxy) is 2. The topological polar surface area (TPSA) is 59.1 Å². The number of hydrogen-bond acceptors (Lipinski definition) is 5. The molecule has 0 N–H and O–H groups in total. The maximum absolute atomic E-state index is 12.9. The van der Waals surface area contributed by atoms with Gasteiger partial charge in [0, 0.05) is 26.2 Å². The van der Waals surface area contributed by atoms with Gasteiger partial charge in [-0.05, 0) is 76.4 Å². The van der Waals surface area contributed by atoms with Gasteiger partial charge in [0.05, 0.1) is 18.1 Å². The number of sulfonamides is 1. The number of likely N-dealkylation sites (N-methyl/N-ethyl adjacent to an activating group) is 1. The third kappa shape index (κ3) is 8.22. The summed E-state index contributed by atoms with van der Waals surface area (Å²) in [5.41, 5.74) is 0. The second-order valence-corrected chi connectivity index (χ2v) is 10.5. The number of hydrogen-bond donors (Lipinski definition) is 0. The van der Waals surface area contributed by atoms with E-state index in [2.05, 4.69) is 18.5 Å². The zero-order valence-corrected chi connectivity index (χ0v) is 20.3. The quantitative estimate of drug-likeness (QED) is 0.311. The fourth-order valence-electron chi connectivity index (χ4n) is 4.08. The Balaban J connectivity index is 1.65. The van der Waals surface area contributed by atoms with Crippen molar-refractivity contribution in [2.45, 2.75) is 68.4 Å². The van der Waals surface area contributed by atoms with E-state index in [0.29, 0.717) is 10.6 Å². The Morgan fingerprint density at radius 3 is 2.29 bits per heavy atom. The zero-order valence-electron chi connectivity index (χ0n) is 19.5. The van der Waals surface area contributed by atoms with E-state index < -0.39 is 10.0 Å². The standard InChI is InChI=1S/C24H40N2O4S/c1-5-18-25(2)19-8-6-7-9-20-30-23-12-10-21(11-13-23)26(3)31(27,28)24-16-14-22(29-4)15-17-24/h5,14-17,21,23H,1,6-13,18-20H2,2-4H3. The van der Waals surface area contributed by atoms with Crippen LogP contribution in [0.4, 0.5) is 0 Å². The van der Waals surface area contributed by atoms with E-state index in [1.165, 1.54) is 23.6 Å². The minimum atomic E-state index is -3.49. The summed E-state index contributed by atoms with van der Waals surface area (Å²) in [5.74, 6) is 0.652. The summed E-state index contributed by atoms with van der Waals surface area (Å²) in [5, 5.41) is 0. The van der Waals surface area contributed by atoms with Gasteiger partial charge in [0.1, 0.15) is 5.75 Å². The molecule has 1 saturated carbocycles. The Hall–Kier alpha value is -1.41. The number of nitrogens with zero attached hydrogens (tertiary/aromatic N) is 2. The van der Waals surface area contributed by atoms with Gasteiger partial charge in [-0.3, -0.25) is 0 Å². The second-order valence-electron chi connectivity index (χ2n) is 8.46. The summed E-state index contributed by atoms with van der Waals surface area (Å²) in [6, 6.07) is 6.61. The molecule has 0 spiro atoms. The van der Waals surface area contributed by atoms with Gasteiger partial charge in [-0.25, -0.2) is 8.42 Å². The predicted octanol–water partition coefficient (Wildman–Crippen LogP) is 4.32. The average Bonchev–Trinajstić information content (AvgIpc) is 2.78. The van der Waals surface area contributed by atoms with Crippen LogP contribution in [0.15, 0.2) is 41.8 Å². The summed E-state index contributed by atoms with van der Waals surface area (Å²) in [6.07, 6.45) is 10.4. The molecule has 0 aliphatic heterocycles. The van der Waals surface area contributed by atoms with Crippen molar-refractivity contribution in [3.05, 3.63) is 36.9 Å². The second kappa shape index (κ2) is 13.2. The monoisotopic (exact) mass is 452 g/mol. The first-order valence-electron chi connectivity index (χ1n) is 11.4. The number of benzene rings is 1. The Bertz CT molecular complexity index is 743. The van der Waals surface area contributed by atoms with Crippen molar-refractivity contribution in [1.82, 2.24) is 9.21 Å². The van der Waals surface area contributed by atoms with Crippen LogP contribution >= 0.6 is 0 Å². The van der Waals surface area contributed by atoms with E-state index in [9.17, 15) is 8.42 Å². The summed E-state index contributed by atoms with van der Waals surface area (Å²) in [4.78, 5) is 2.60. The van der Waals surface area contributed by atoms with Gasteiger partial charge in [-0.1, -0.05) is 18.9 Å². The van der Waals surface area contributed by atoms with Crippen molar-refractivity contribution in [3.63, 3.8) is 0 Å². The van der Waals surface area contributed by atoms with E-state index in [-0.39, 0.29) is 12.1 Å². The SMILES string of the molecule is C=CCN(C)CCCCCCOC1CCC(N(C)S(=O)(=O)c2ccc(OC)cc2)CC1. The van der Waals surface area contributed by atoms with E-state index in [1.807, 2.05) is 6.08 Å². The van der Waals surface area contributed by atoms with Crippen LogP contribution in [0.2, 0.25) is 0 Å². The van der Waals surface area contributed by atoms with Crippen LogP contribution in [0, 0.1) is 0 Å². The van der Waals surface area contributed by atoms with Gasteiger partial charge in [0.25, 0.3) is 0 Å². The van der Waals surface area contributed by atoms with Gasteiger partial charge in [-0.2, -0.15) is 4.31 Å². The normalized spacial score (nSPS) is 19.6. The lowest BCUT2D eigenvalue weighted by molar-refractivity contribution is 0.0156. The molecule has 6 nitrogen and oxygen atoms in total. The van der Waals surface area contributed by atoms with E-state index in [0.717, 1.165) is 51.8 Å². The first-order chi connectivity index (χ1) is 14.9. The third-order valence-corrected chi connectivity index (χ3v) is 8.05. The fourth-order valence-corrected chi connectivity index (χ4v) is 5.50. The van der Waals surface area contributed by atoms with E-state index in [4.69, 9.17) is 9.47 Å². The minimum Gasteiger partial charge on any atom is -0.497 e. The highest BCUT2D eigenvalue weighted by Crippen LogP contribution is 2.29.